The Bertz CT molecular complexity index is 742. The van der Waals surface area contributed by atoms with Crippen molar-refractivity contribution in [1.82, 2.24) is 5.32 Å². The summed E-state index contributed by atoms with van der Waals surface area (Å²) in [5.74, 6) is 0.719. The molecule has 4 heteroatoms. The highest BCUT2D eigenvalue weighted by Gasteiger charge is 2.34. The summed E-state index contributed by atoms with van der Waals surface area (Å²) in [5, 5.41) is 14.6. The lowest BCUT2D eigenvalue weighted by atomic mass is 9.77. The van der Waals surface area contributed by atoms with Crippen LogP contribution in [0, 0.1) is 0 Å². The van der Waals surface area contributed by atoms with Crippen molar-refractivity contribution in [3.05, 3.63) is 46.0 Å². The number of rotatable bonds is 1. The molecule has 0 amide bonds. The first-order chi connectivity index (χ1) is 10.2. The number of benzene rings is 2. The highest BCUT2D eigenvalue weighted by atomic mass is 35.5. The lowest BCUT2D eigenvalue weighted by Crippen LogP contribution is -2.33. The van der Waals surface area contributed by atoms with Gasteiger partial charge in [0.2, 0.25) is 0 Å². The molecule has 0 radical (unpaired) electrons. The third kappa shape index (κ3) is 1.78. The van der Waals surface area contributed by atoms with E-state index in [2.05, 4.69) is 11.4 Å². The summed E-state index contributed by atoms with van der Waals surface area (Å²) in [6, 6.07) is 8.08. The second-order valence-corrected chi connectivity index (χ2v) is 6.02. The van der Waals surface area contributed by atoms with Crippen LogP contribution in [0.15, 0.2) is 24.3 Å². The molecular weight excluding hydrogens is 286 g/mol. The number of fused-ring (bicyclic) bond motifs is 2. The van der Waals surface area contributed by atoms with E-state index in [0.717, 1.165) is 30.5 Å². The number of hydrogen-bond acceptors (Lipinski definition) is 3. The molecule has 0 saturated carbocycles. The van der Waals surface area contributed by atoms with Gasteiger partial charge in [-0.15, -0.1) is 0 Å². The van der Waals surface area contributed by atoms with Crippen LogP contribution in [0.25, 0.3) is 11.1 Å². The molecular formula is C17H16ClNO2. The van der Waals surface area contributed by atoms with E-state index in [1.54, 1.807) is 7.11 Å². The number of nitrogens with one attached hydrogen (secondary N) is 1. The third-order valence-corrected chi connectivity index (χ3v) is 4.81. The van der Waals surface area contributed by atoms with Crippen molar-refractivity contribution in [1.29, 1.82) is 0 Å². The van der Waals surface area contributed by atoms with Crippen molar-refractivity contribution in [3.63, 3.8) is 0 Å². The van der Waals surface area contributed by atoms with Gasteiger partial charge in [-0.25, -0.2) is 0 Å². The van der Waals surface area contributed by atoms with E-state index in [1.807, 2.05) is 18.2 Å². The summed E-state index contributed by atoms with van der Waals surface area (Å²) in [4.78, 5) is 0. The molecule has 108 valence electrons. The first-order valence-electron chi connectivity index (χ1n) is 7.14. The van der Waals surface area contributed by atoms with Crippen LogP contribution in [0.4, 0.5) is 0 Å². The van der Waals surface area contributed by atoms with Crippen molar-refractivity contribution >= 4 is 11.6 Å². The first kappa shape index (κ1) is 13.0. The molecule has 1 atom stereocenters. The number of phenolic OH excluding ortho intramolecular Hbond substituents is 1. The van der Waals surface area contributed by atoms with Gasteiger partial charge in [0.05, 0.1) is 7.11 Å². The Labute approximate surface area is 128 Å². The minimum Gasteiger partial charge on any atom is -0.504 e. The molecule has 2 aromatic carbocycles. The maximum atomic E-state index is 10.3. The first-order valence-corrected chi connectivity index (χ1v) is 7.52. The lowest BCUT2D eigenvalue weighted by Gasteiger charge is -2.35. The van der Waals surface area contributed by atoms with Gasteiger partial charge in [-0.1, -0.05) is 23.7 Å². The average Bonchev–Trinajstić information content (AvgIpc) is 2.47. The van der Waals surface area contributed by atoms with Gasteiger partial charge < -0.3 is 15.2 Å². The van der Waals surface area contributed by atoms with E-state index < -0.39 is 0 Å². The standard InChI is InChI=1S/C17H16ClNO2/c1-21-17-13(20)8-10-5-6-19-12-7-9-3-2-4-11(18)14(9)16(17)15(10)12/h2-4,8,12,19-20H,5-7H2,1H3/t12-/m0/s1. The minimum absolute atomic E-state index is 0.194. The molecule has 2 aliphatic rings. The van der Waals surface area contributed by atoms with E-state index in [-0.39, 0.29) is 11.8 Å². The highest BCUT2D eigenvalue weighted by Crippen LogP contribution is 2.52. The molecule has 2 aromatic rings. The molecule has 0 fully saturated rings. The molecule has 1 heterocycles. The van der Waals surface area contributed by atoms with Crippen LogP contribution in [0.1, 0.15) is 22.7 Å². The van der Waals surface area contributed by atoms with Gasteiger partial charge in [0.15, 0.2) is 11.5 Å². The Hall–Kier alpha value is -1.71. The summed E-state index contributed by atoms with van der Waals surface area (Å²) < 4.78 is 5.49. The Morgan fingerprint density at radius 1 is 1.29 bits per heavy atom. The molecule has 3 nitrogen and oxygen atoms in total. The molecule has 1 aliphatic heterocycles. The highest BCUT2D eigenvalue weighted by molar-refractivity contribution is 6.33. The molecule has 0 saturated heterocycles. The van der Waals surface area contributed by atoms with Gasteiger partial charge in [-0.3, -0.25) is 0 Å². The summed E-state index contributed by atoms with van der Waals surface area (Å²) in [7, 11) is 1.59. The number of hydrogen-bond donors (Lipinski definition) is 2. The summed E-state index contributed by atoms with van der Waals surface area (Å²) >= 11 is 6.45. The molecule has 21 heavy (non-hydrogen) atoms. The van der Waals surface area contributed by atoms with Crippen LogP contribution in [0.5, 0.6) is 11.5 Å². The van der Waals surface area contributed by atoms with Gasteiger partial charge >= 0.3 is 0 Å². The smallest absolute Gasteiger partial charge is 0.168 e. The minimum atomic E-state index is 0.194. The van der Waals surface area contributed by atoms with Gasteiger partial charge in [0.1, 0.15) is 0 Å². The zero-order valence-corrected chi connectivity index (χ0v) is 12.5. The largest absolute Gasteiger partial charge is 0.504 e. The van der Waals surface area contributed by atoms with E-state index in [9.17, 15) is 5.11 Å². The van der Waals surface area contributed by atoms with Gasteiger partial charge in [-0.05, 0) is 48.2 Å². The van der Waals surface area contributed by atoms with Crippen molar-refractivity contribution in [2.24, 2.45) is 0 Å². The number of ether oxygens (including phenoxy) is 1. The number of methoxy groups -OCH3 is 1. The van der Waals surface area contributed by atoms with Crippen LogP contribution in [-0.2, 0) is 12.8 Å². The fourth-order valence-corrected chi connectivity index (χ4v) is 3.96. The van der Waals surface area contributed by atoms with Crippen molar-refractivity contribution in [2.45, 2.75) is 18.9 Å². The zero-order chi connectivity index (χ0) is 14.6. The van der Waals surface area contributed by atoms with Gasteiger partial charge in [0, 0.05) is 22.2 Å². The Morgan fingerprint density at radius 2 is 2.14 bits per heavy atom. The van der Waals surface area contributed by atoms with Crippen molar-refractivity contribution in [2.75, 3.05) is 13.7 Å². The van der Waals surface area contributed by atoms with E-state index in [4.69, 9.17) is 16.3 Å². The summed E-state index contributed by atoms with van der Waals surface area (Å²) in [6.45, 7) is 0.929. The molecule has 4 rings (SSSR count). The number of aromatic hydroxyl groups is 1. The molecule has 2 N–H and O–H groups in total. The van der Waals surface area contributed by atoms with Crippen molar-refractivity contribution < 1.29 is 9.84 Å². The predicted molar refractivity (Wildman–Crippen MR) is 83.3 cm³/mol. The van der Waals surface area contributed by atoms with Crippen LogP contribution < -0.4 is 10.1 Å². The van der Waals surface area contributed by atoms with E-state index >= 15 is 0 Å². The van der Waals surface area contributed by atoms with Crippen LogP contribution in [0.2, 0.25) is 5.02 Å². The monoisotopic (exact) mass is 301 g/mol. The van der Waals surface area contributed by atoms with Crippen LogP contribution in [-0.4, -0.2) is 18.8 Å². The Balaban J connectivity index is 2.13. The lowest BCUT2D eigenvalue weighted by molar-refractivity contribution is 0.371. The Morgan fingerprint density at radius 3 is 2.95 bits per heavy atom. The van der Waals surface area contributed by atoms with Crippen molar-refractivity contribution in [3.8, 4) is 22.6 Å². The van der Waals surface area contributed by atoms with E-state index in [0.29, 0.717) is 10.8 Å². The predicted octanol–water partition coefficient (Wildman–Crippen LogP) is 3.46. The molecule has 1 aliphatic carbocycles. The topological polar surface area (TPSA) is 41.5 Å². The van der Waals surface area contributed by atoms with Gasteiger partial charge in [0.25, 0.3) is 0 Å². The fraction of sp³-hybridized carbons (Fsp3) is 0.294. The second kappa shape index (κ2) is 4.65. The quantitative estimate of drug-likeness (QED) is 0.847. The molecule has 0 bridgehead atoms. The normalized spacial score (nSPS) is 18.9. The molecule has 0 aromatic heterocycles. The average molecular weight is 302 g/mol. The van der Waals surface area contributed by atoms with Crippen LogP contribution >= 0.6 is 11.6 Å². The van der Waals surface area contributed by atoms with E-state index in [1.165, 1.54) is 16.7 Å². The number of phenols is 1. The van der Waals surface area contributed by atoms with Gasteiger partial charge in [-0.2, -0.15) is 0 Å². The molecule has 0 unspecified atom stereocenters. The maximum absolute atomic E-state index is 10.3. The SMILES string of the molecule is COc1c(O)cc2c3c1-c1c(Cl)cccc1C[C@@H]3NCC2. The molecule has 0 spiro atoms. The third-order valence-electron chi connectivity index (χ3n) is 4.50. The van der Waals surface area contributed by atoms with Crippen LogP contribution in [0.3, 0.4) is 0 Å². The summed E-state index contributed by atoms with van der Waals surface area (Å²) in [6.07, 6.45) is 1.83. The second-order valence-electron chi connectivity index (χ2n) is 5.61. The summed E-state index contributed by atoms with van der Waals surface area (Å²) in [5.41, 5.74) is 5.58. The maximum Gasteiger partial charge on any atom is 0.168 e. The fourth-order valence-electron chi connectivity index (χ4n) is 3.68. The number of halogens is 1. The zero-order valence-electron chi connectivity index (χ0n) is 11.7. The Kier molecular flexibility index (Phi) is 2.88.